The van der Waals surface area contributed by atoms with Crippen LogP contribution in [0.4, 0.5) is 0 Å². The van der Waals surface area contributed by atoms with E-state index in [4.69, 9.17) is 5.73 Å². The van der Waals surface area contributed by atoms with E-state index in [-0.39, 0.29) is 5.91 Å². The van der Waals surface area contributed by atoms with Gasteiger partial charge in [-0.15, -0.1) is 0 Å². The van der Waals surface area contributed by atoms with Crippen molar-refractivity contribution in [1.82, 2.24) is 10.2 Å². The molecule has 2 fully saturated rings. The van der Waals surface area contributed by atoms with Crippen LogP contribution in [0.1, 0.15) is 39.0 Å². The minimum atomic E-state index is -0.451. The number of likely N-dealkylation sites (N-methyl/N-ethyl adjacent to an activating group) is 1. The maximum absolute atomic E-state index is 11.6. The van der Waals surface area contributed by atoms with E-state index in [1.165, 1.54) is 25.9 Å². The second-order valence-corrected chi connectivity index (χ2v) is 5.81. The van der Waals surface area contributed by atoms with E-state index in [0.29, 0.717) is 6.04 Å². The van der Waals surface area contributed by atoms with Crippen LogP contribution >= 0.6 is 0 Å². The third kappa shape index (κ3) is 2.47. The molecule has 1 heterocycles. The highest BCUT2D eigenvalue weighted by atomic mass is 16.1. The van der Waals surface area contributed by atoms with Crippen LogP contribution in [-0.4, -0.2) is 42.5 Å². The van der Waals surface area contributed by atoms with Crippen LogP contribution in [0.2, 0.25) is 0 Å². The third-order valence-corrected chi connectivity index (χ3v) is 4.77. The average molecular weight is 239 g/mol. The van der Waals surface area contributed by atoms with Crippen molar-refractivity contribution in [3.8, 4) is 0 Å². The first-order valence-corrected chi connectivity index (χ1v) is 6.80. The quantitative estimate of drug-likeness (QED) is 0.763. The molecule has 1 saturated carbocycles. The second kappa shape index (κ2) is 4.94. The summed E-state index contributed by atoms with van der Waals surface area (Å²) in [5.41, 5.74) is 5.09. The van der Waals surface area contributed by atoms with Gasteiger partial charge in [-0.3, -0.25) is 4.79 Å². The van der Waals surface area contributed by atoms with E-state index < -0.39 is 5.54 Å². The Morgan fingerprint density at radius 2 is 2.00 bits per heavy atom. The number of hydrogen-bond donors (Lipinski definition) is 2. The van der Waals surface area contributed by atoms with Gasteiger partial charge in [0, 0.05) is 6.04 Å². The second-order valence-electron chi connectivity index (χ2n) is 5.81. The molecule has 98 valence electrons. The van der Waals surface area contributed by atoms with Crippen LogP contribution < -0.4 is 11.1 Å². The first-order chi connectivity index (χ1) is 8.07. The Labute approximate surface area is 104 Å². The van der Waals surface area contributed by atoms with Gasteiger partial charge in [-0.05, 0) is 58.2 Å². The lowest BCUT2D eigenvalue weighted by Crippen LogP contribution is -2.53. The van der Waals surface area contributed by atoms with Gasteiger partial charge in [0.2, 0.25) is 5.91 Å². The molecule has 2 aliphatic rings. The molecule has 2 atom stereocenters. The average Bonchev–Trinajstić information content (AvgIpc) is 2.75. The van der Waals surface area contributed by atoms with Gasteiger partial charge in [-0.2, -0.15) is 0 Å². The number of nitrogens with zero attached hydrogens (tertiary/aromatic N) is 1. The fourth-order valence-corrected chi connectivity index (χ4v) is 3.30. The van der Waals surface area contributed by atoms with Crippen LogP contribution in [0.25, 0.3) is 0 Å². The maximum atomic E-state index is 11.6. The minimum Gasteiger partial charge on any atom is -0.368 e. The molecule has 4 nitrogen and oxygen atoms in total. The zero-order chi connectivity index (χ0) is 12.5. The van der Waals surface area contributed by atoms with Crippen LogP contribution in [0.15, 0.2) is 0 Å². The van der Waals surface area contributed by atoms with Crippen molar-refractivity contribution < 1.29 is 4.79 Å². The van der Waals surface area contributed by atoms with Gasteiger partial charge in [0.25, 0.3) is 0 Å². The molecule has 17 heavy (non-hydrogen) atoms. The molecule has 4 heteroatoms. The van der Waals surface area contributed by atoms with Crippen molar-refractivity contribution in [3.63, 3.8) is 0 Å². The highest BCUT2D eigenvalue weighted by molar-refractivity contribution is 5.85. The van der Waals surface area contributed by atoms with Gasteiger partial charge in [-0.25, -0.2) is 0 Å². The standard InChI is InChI=1S/C13H25N3O/c1-10-4-7-16(8-5-10)11-3-6-13(9-11,15-2)12(14)17/h10-11,15H,3-9H2,1-2H3,(H2,14,17). The highest BCUT2D eigenvalue weighted by Gasteiger charge is 2.44. The van der Waals surface area contributed by atoms with E-state index >= 15 is 0 Å². The molecule has 0 spiro atoms. The predicted octanol–water partition coefficient (Wildman–Crippen LogP) is 0.714. The summed E-state index contributed by atoms with van der Waals surface area (Å²) in [5.74, 6) is 0.672. The topological polar surface area (TPSA) is 58.4 Å². The van der Waals surface area contributed by atoms with Crippen LogP contribution in [0, 0.1) is 5.92 Å². The number of hydrogen-bond acceptors (Lipinski definition) is 3. The molecule has 0 radical (unpaired) electrons. The van der Waals surface area contributed by atoms with Gasteiger partial charge in [0.05, 0.1) is 5.54 Å². The van der Waals surface area contributed by atoms with Crippen molar-refractivity contribution in [2.75, 3.05) is 20.1 Å². The van der Waals surface area contributed by atoms with E-state index in [2.05, 4.69) is 17.1 Å². The number of likely N-dealkylation sites (tertiary alicyclic amines) is 1. The number of primary amides is 1. The first-order valence-electron chi connectivity index (χ1n) is 6.80. The summed E-state index contributed by atoms with van der Waals surface area (Å²) >= 11 is 0. The molecule has 0 aromatic heterocycles. The Morgan fingerprint density at radius 3 is 2.47 bits per heavy atom. The third-order valence-electron chi connectivity index (χ3n) is 4.77. The summed E-state index contributed by atoms with van der Waals surface area (Å²) in [4.78, 5) is 14.1. The molecule has 2 unspecified atom stereocenters. The monoisotopic (exact) mass is 239 g/mol. The smallest absolute Gasteiger partial charge is 0.237 e. The summed E-state index contributed by atoms with van der Waals surface area (Å²) in [6, 6.07) is 0.544. The van der Waals surface area contributed by atoms with Gasteiger partial charge in [0.1, 0.15) is 0 Å². The minimum absolute atomic E-state index is 0.187. The van der Waals surface area contributed by atoms with Crippen molar-refractivity contribution in [2.24, 2.45) is 11.7 Å². The van der Waals surface area contributed by atoms with Crippen LogP contribution in [-0.2, 0) is 4.79 Å². The molecule has 0 aromatic rings. The molecule has 0 bridgehead atoms. The van der Waals surface area contributed by atoms with Crippen molar-refractivity contribution in [2.45, 2.75) is 50.6 Å². The molecule has 1 saturated heterocycles. The number of amides is 1. The summed E-state index contributed by atoms with van der Waals surface area (Å²) in [6.45, 7) is 4.70. The lowest BCUT2D eigenvalue weighted by molar-refractivity contribution is -0.124. The lowest BCUT2D eigenvalue weighted by Gasteiger charge is -2.35. The zero-order valence-corrected chi connectivity index (χ0v) is 11.0. The van der Waals surface area contributed by atoms with Gasteiger partial charge >= 0.3 is 0 Å². The van der Waals surface area contributed by atoms with Gasteiger partial charge in [-0.1, -0.05) is 6.92 Å². The van der Waals surface area contributed by atoms with Crippen molar-refractivity contribution >= 4 is 5.91 Å². The SMILES string of the molecule is CNC1(C(N)=O)CCC(N2CCC(C)CC2)C1. The van der Waals surface area contributed by atoms with E-state index in [9.17, 15) is 4.79 Å². The molecule has 0 aromatic carbocycles. The Balaban J connectivity index is 1.95. The normalized spacial score (nSPS) is 36.2. The summed E-state index contributed by atoms with van der Waals surface area (Å²) in [5, 5.41) is 3.15. The number of carbonyl (C=O) groups excluding carboxylic acids is 1. The molecular weight excluding hydrogens is 214 g/mol. The van der Waals surface area contributed by atoms with E-state index in [0.717, 1.165) is 25.2 Å². The maximum Gasteiger partial charge on any atom is 0.237 e. The van der Waals surface area contributed by atoms with E-state index in [1.54, 1.807) is 0 Å². The fourth-order valence-electron chi connectivity index (χ4n) is 3.30. The Bertz CT molecular complexity index is 286. The van der Waals surface area contributed by atoms with E-state index in [1.807, 2.05) is 7.05 Å². The van der Waals surface area contributed by atoms with Crippen LogP contribution in [0.5, 0.6) is 0 Å². The largest absolute Gasteiger partial charge is 0.368 e. The molecular formula is C13H25N3O. The number of carbonyl (C=O) groups is 1. The Kier molecular flexibility index (Phi) is 3.73. The fraction of sp³-hybridized carbons (Fsp3) is 0.923. The predicted molar refractivity (Wildman–Crippen MR) is 68.6 cm³/mol. The summed E-state index contributed by atoms with van der Waals surface area (Å²) in [6.07, 6.45) is 5.44. The van der Waals surface area contributed by atoms with Crippen LogP contribution in [0.3, 0.4) is 0 Å². The number of piperidine rings is 1. The molecule has 2 rings (SSSR count). The molecule has 1 aliphatic heterocycles. The Morgan fingerprint density at radius 1 is 1.35 bits per heavy atom. The lowest BCUT2D eigenvalue weighted by atomic mass is 9.95. The van der Waals surface area contributed by atoms with Crippen molar-refractivity contribution in [1.29, 1.82) is 0 Å². The molecule has 1 amide bonds. The number of nitrogens with one attached hydrogen (secondary N) is 1. The Hall–Kier alpha value is -0.610. The number of rotatable bonds is 3. The zero-order valence-electron chi connectivity index (χ0n) is 11.0. The number of nitrogens with two attached hydrogens (primary N) is 1. The first kappa shape index (κ1) is 12.8. The summed E-state index contributed by atoms with van der Waals surface area (Å²) < 4.78 is 0. The van der Waals surface area contributed by atoms with Crippen molar-refractivity contribution in [3.05, 3.63) is 0 Å². The molecule has 1 aliphatic carbocycles. The van der Waals surface area contributed by atoms with Gasteiger partial charge < -0.3 is 16.0 Å². The molecule has 3 N–H and O–H groups in total. The highest BCUT2D eigenvalue weighted by Crippen LogP contribution is 2.34. The van der Waals surface area contributed by atoms with Gasteiger partial charge in [0.15, 0.2) is 0 Å². The summed E-state index contributed by atoms with van der Waals surface area (Å²) in [7, 11) is 1.85.